The molecule has 1 unspecified atom stereocenters. The standard InChI is InChI=1S/C15H16FN3O2/c16-11-3-4-12(17)10-5-6-18-14(13(10)11)15(20)19-8-9-2-1-7-21-9/h3-6,9H,1-2,7-8,17H2,(H,19,20). The van der Waals surface area contributed by atoms with Crippen molar-refractivity contribution in [2.45, 2.75) is 18.9 Å². The van der Waals surface area contributed by atoms with Crippen LogP contribution in [0.4, 0.5) is 10.1 Å². The third-order valence-electron chi connectivity index (χ3n) is 3.64. The summed E-state index contributed by atoms with van der Waals surface area (Å²) in [4.78, 5) is 16.2. The smallest absolute Gasteiger partial charge is 0.270 e. The van der Waals surface area contributed by atoms with Gasteiger partial charge in [-0.3, -0.25) is 9.78 Å². The van der Waals surface area contributed by atoms with Crippen LogP contribution in [0.1, 0.15) is 23.3 Å². The van der Waals surface area contributed by atoms with Crippen molar-refractivity contribution in [3.05, 3.63) is 35.9 Å². The first-order valence-corrected chi connectivity index (χ1v) is 6.89. The number of rotatable bonds is 3. The van der Waals surface area contributed by atoms with Crippen LogP contribution in [-0.4, -0.2) is 30.1 Å². The molecule has 1 atom stereocenters. The number of hydrogen-bond acceptors (Lipinski definition) is 4. The Morgan fingerprint density at radius 3 is 3.10 bits per heavy atom. The minimum atomic E-state index is -0.505. The summed E-state index contributed by atoms with van der Waals surface area (Å²) in [6, 6.07) is 4.33. The van der Waals surface area contributed by atoms with Gasteiger partial charge in [0.1, 0.15) is 11.5 Å². The number of fused-ring (bicyclic) bond motifs is 1. The molecule has 5 nitrogen and oxygen atoms in total. The third kappa shape index (κ3) is 2.67. The monoisotopic (exact) mass is 289 g/mol. The molecule has 1 saturated heterocycles. The Bertz CT molecular complexity index is 684. The van der Waals surface area contributed by atoms with Crippen LogP contribution in [0.25, 0.3) is 10.8 Å². The summed E-state index contributed by atoms with van der Waals surface area (Å²) in [7, 11) is 0. The van der Waals surface area contributed by atoms with E-state index in [1.807, 2.05) is 0 Å². The van der Waals surface area contributed by atoms with E-state index < -0.39 is 11.7 Å². The quantitative estimate of drug-likeness (QED) is 0.846. The molecule has 3 N–H and O–H groups in total. The fourth-order valence-corrected chi connectivity index (χ4v) is 2.55. The molecule has 0 aliphatic carbocycles. The first kappa shape index (κ1) is 13.8. The molecule has 21 heavy (non-hydrogen) atoms. The van der Waals surface area contributed by atoms with Crippen LogP contribution in [0.5, 0.6) is 0 Å². The summed E-state index contributed by atoms with van der Waals surface area (Å²) in [5.74, 6) is -0.921. The third-order valence-corrected chi connectivity index (χ3v) is 3.64. The maximum absolute atomic E-state index is 14.0. The van der Waals surface area contributed by atoms with Gasteiger partial charge in [0.2, 0.25) is 0 Å². The predicted molar refractivity (Wildman–Crippen MR) is 77.4 cm³/mol. The summed E-state index contributed by atoms with van der Waals surface area (Å²) in [5, 5.41) is 3.39. The van der Waals surface area contributed by atoms with Gasteiger partial charge in [-0.2, -0.15) is 0 Å². The molecule has 1 aliphatic rings. The number of nitrogens with one attached hydrogen (secondary N) is 1. The lowest BCUT2D eigenvalue weighted by Gasteiger charge is -2.12. The van der Waals surface area contributed by atoms with Crippen molar-refractivity contribution in [3.63, 3.8) is 0 Å². The summed E-state index contributed by atoms with van der Waals surface area (Å²) in [6.45, 7) is 1.12. The second-order valence-corrected chi connectivity index (χ2v) is 5.06. The number of carbonyl (C=O) groups is 1. The molecular weight excluding hydrogens is 273 g/mol. The van der Waals surface area contributed by atoms with Crippen LogP contribution in [0.3, 0.4) is 0 Å². The molecule has 110 valence electrons. The van der Waals surface area contributed by atoms with Crippen LogP contribution < -0.4 is 11.1 Å². The molecule has 1 amide bonds. The molecule has 6 heteroatoms. The van der Waals surface area contributed by atoms with Gasteiger partial charge in [0.15, 0.2) is 0 Å². The number of carbonyl (C=O) groups excluding carboxylic acids is 1. The maximum Gasteiger partial charge on any atom is 0.270 e. The summed E-state index contributed by atoms with van der Waals surface area (Å²) < 4.78 is 19.5. The van der Waals surface area contributed by atoms with Gasteiger partial charge >= 0.3 is 0 Å². The Labute approximate surface area is 121 Å². The van der Waals surface area contributed by atoms with E-state index in [1.165, 1.54) is 18.3 Å². The lowest BCUT2D eigenvalue weighted by molar-refractivity contribution is 0.0855. The van der Waals surface area contributed by atoms with E-state index in [-0.39, 0.29) is 17.2 Å². The molecule has 1 aromatic heterocycles. The molecule has 3 rings (SSSR count). The fourth-order valence-electron chi connectivity index (χ4n) is 2.55. The molecule has 1 fully saturated rings. The maximum atomic E-state index is 14.0. The van der Waals surface area contributed by atoms with Gasteiger partial charge in [-0.05, 0) is 31.0 Å². The first-order chi connectivity index (χ1) is 10.2. The number of benzene rings is 1. The van der Waals surface area contributed by atoms with Crippen LogP contribution in [0.2, 0.25) is 0 Å². The summed E-state index contributed by atoms with van der Waals surface area (Å²) in [5.41, 5.74) is 6.29. The number of pyridine rings is 1. The van der Waals surface area contributed by atoms with Gasteiger partial charge in [0.25, 0.3) is 5.91 Å². The zero-order valence-electron chi connectivity index (χ0n) is 11.4. The lowest BCUT2D eigenvalue weighted by Crippen LogP contribution is -2.32. The number of nitrogen functional groups attached to an aromatic ring is 1. The minimum absolute atomic E-state index is 0.0267. The van der Waals surface area contributed by atoms with Crippen molar-refractivity contribution < 1.29 is 13.9 Å². The van der Waals surface area contributed by atoms with Gasteiger partial charge in [0.05, 0.1) is 11.5 Å². The van der Waals surface area contributed by atoms with Crippen molar-refractivity contribution in [1.82, 2.24) is 10.3 Å². The number of nitrogens with two attached hydrogens (primary N) is 1. The van der Waals surface area contributed by atoms with Crippen molar-refractivity contribution in [3.8, 4) is 0 Å². The van der Waals surface area contributed by atoms with E-state index in [0.29, 0.717) is 17.6 Å². The summed E-state index contributed by atoms with van der Waals surface area (Å²) in [6.07, 6.45) is 3.40. The number of hydrogen-bond donors (Lipinski definition) is 2. The highest BCUT2D eigenvalue weighted by Crippen LogP contribution is 2.25. The van der Waals surface area contributed by atoms with Gasteiger partial charge in [-0.15, -0.1) is 0 Å². The molecular formula is C15H16FN3O2. The zero-order valence-corrected chi connectivity index (χ0v) is 11.4. The van der Waals surface area contributed by atoms with E-state index in [0.717, 1.165) is 19.4 Å². The van der Waals surface area contributed by atoms with Crippen LogP contribution >= 0.6 is 0 Å². The highest BCUT2D eigenvalue weighted by Gasteiger charge is 2.19. The van der Waals surface area contributed by atoms with Crippen LogP contribution in [-0.2, 0) is 4.74 Å². The highest BCUT2D eigenvalue weighted by molar-refractivity contribution is 6.08. The Hall–Kier alpha value is -2.21. The van der Waals surface area contributed by atoms with E-state index in [1.54, 1.807) is 6.07 Å². The second kappa shape index (κ2) is 5.65. The number of anilines is 1. The van der Waals surface area contributed by atoms with Gasteiger partial charge in [-0.1, -0.05) is 0 Å². The van der Waals surface area contributed by atoms with E-state index in [9.17, 15) is 9.18 Å². The molecule has 1 aromatic carbocycles. The Morgan fingerprint density at radius 2 is 2.33 bits per heavy atom. The topological polar surface area (TPSA) is 77.2 Å². The Balaban J connectivity index is 1.89. The van der Waals surface area contributed by atoms with Crippen molar-refractivity contribution >= 4 is 22.4 Å². The Morgan fingerprint density at radius 1 is 1.48 bits per heavy atom. The number of ether oxygens (including phenoxy) is 1. The molecule has 0 saturated carbocycles. The zero-order chi connectivity index (χ0) is 14.8. The first-order valence-electron chi connectivity index (χ1n) is 6.89. The molecule has 2 heterocycles. The minimum Gasteiger partial charge on any atom is -0.398 e. The molecule has 1 aliphatic heterocycles. The second-order valence-electron chi connectivity index (χ2n) is 5.06. The van der Waals surface area contributed by atoms with E-state index in [2.05, 4.69) is 10.3 Å². The van der Waals surface area contributed by atoms with Gasteiger partial charge in [-0.25, -0.2) is 4.39 Å². The van der Waals surface area contributed by atoms with Gasteiger partial charge in [0, 0.05) is 30.4 Å². The van der Waals surface area contributed by atoms with Crippen molar-refractivity contribution in [2.75, 3.05) is 18.9 Å². The number of amides is 1. The van der Waals surface area contributed by atoms with Crippen molar-refractivity contribution in [1.29, 1.82) is 0 Å². The molecule has 0 bridgehead atoms. The molecule has 0 radical (unpaired) electrons. The van der Waals surface area contributed by atoms with E-state index in [4.69, 9.17) is 10.5 Å². The number of nitrogens with zero attached hydrogens (tertiary/aromatic N) is 1. The van der Waals surface area contributed by atoms with Crippen LogP contribution in [0.15, 0.2) is 24.4 Å². The Kier molecular flexibility index (Phi) is 3.70. The van der Waals surface area contributed by atoms with Gasteiger partial charge < -0.3 is 15.8 Å². The average molecular weight is 289 g/mol. The number of halogens is 1. The van der Waals surface area contributed by atoms with E-state index >= 15 is 0 Å². The van der Waals surface area contributed by atoms with Crippen molar-refractivity contribution in [2.24, 2.45) is 0 Å². The van der Waals surface area contributed by atoms with Crippen LogP contribution in [0, 0.1) is 5.82 Å². The number of aromatic nitrogens is 1. The highest BCUT2D eigenvalue weighted by atomic mass is 19.1. The SMILES string of the molecule is Nc1ccc(F)c2c(C(=O)NCC3CCCO3)nccc12. The molecule has 0 spiro atoms. The average Bonchev–Trinajstić information content (AvgIpc) is 3.01. The lowest BCUT2D eigenvalue weighted by atomic mass is 10.1. The summed E-state index contributed by atoms with van der Waals surface area (Å²) >= 11 is 0. The molecule has 2 aromatic rings. The fraction of sp³-hybridized carbons (Fsp3) is 0.333. The largest absolute Gasteiger partial charge is 0.398 e. The predicted octanol–water partition coefficient (Wildman–Crippen LogP) is 1.86. The normalized spacial score (nSPS) is 18.0.